The predicted octanol–water partition coefficient (Wildman–Crippen LogP) is 3.96. The molecule has 1 aliphatic rings. The van der Waals surface area contributed by atoms with Gasteiger partial charge in [-0.25, -0.2) is 0 Å². The second-order valence-corrected chi connectivity index (χ2v) is 5.37. The Morgan fingerprint density at radius 1 is 1.59 bits per heavy atom. The van der Waals surface area contributed by atoms with Crippen LogP contribution in [-0.2, 0) is 0 Å². The highest BCUT2D eigenvalue weighted by atomic mass is 79.9. The van der Waals surface area contributed by atoms with Gasteiger partial charge in [-0.2, -0.15) is 0 Å². The molecule has 0 aliphatic heterocycles. The van der Waals surface area contributed by atoms with Gasteiger partial charge in [0.15, 0.2) is 0 Å². The lowest BCUT2D eigenvalue weighted by atomic mass is 10.2. The molecule has 1 N–H and O–H groups in total. The molecule has 0 saturated heterocycles. The van der Waals surface area contributed by atoms with Crippen LogP contribution in [0.2, 0.25) is 0 Å². The van der Waals surface area contributed by atoms with E-state index < -0.39 is 0 Å². The lowest BCUT2D eigenvalue weighted by Crippen LogP contribution is -2.06. The maximum absolute atomic E-state index is 10.9. The van der Waals surface area contributed by atoms with Gasteiger partial charge in [0.1, 0.15) is 5.69 Å². The van der Waals surface area contributed by atoms with Crippen molar-refractivity contribution < 1.29 is 4.92 Å². The van der Waals surface area contributed by atoms with Crippen LogP contribution in [0, 0.1) is 16.0 Å². The number of anilines is 1. The van der Waals surface area contributed by atoms with E-state index in [1.807, 2.05) is 0 Å². The lowest BCUT2D eigenvalue weighted by molar-refractivity contribution is -0.384. The summed E-state index contributed by atoms with van der Waals surface area (Å²) in [7, 11) is 0. The van der Waals surface area contributed by atoms with Crippen LogP contribution in [0.1, 0.15) is 26.2 Å². The highest BCUT2D eigenvalue weighted by molar-refractivity contribution is 9.10. The van der Waals surface area contributed by atoms with Gasteiger partial charge < -0.3 is 5.32 Å². The van der Waals surface area contributed by atoms with E-state index >= 15 is 0 Å². The second-order valence-electron chi connectivity index (χ2n) is 4.45. The first-order valence-electron chi connectivity index (χ1n) is 5.82. The maximum atomic E-state index is 10.9. The largest absolute Gasteiger partial charge is 0.376 e. The molecular weight excluding hydrogens is 284 g/mol. The molecule has 0 spiro atoms. The second kappa shape index (κ2) is 5.04. The average molecular weight is 299 g/mol. The van der Waals surface area contributed by atoms with Crippen molar-refractivity contribution in [1.82, 2.24) is 0 Å². The van der Waals surface area contributed by atoms with Crippen molar-refractivity contribution in [2.45, 2.75) is 32.2 Å². The molecule has 0 radical (unpaired) electrons. The summed E-state index contributed by atoms with van der Waals surface area (Å²) in [5.41, 5.74) is 0.767. The van der Waals surface area contributed by atoms with Gasteiger partial charge >= 0.3 is 0 Å². The van der Waals surface area contributed by atoms with Crippen molar-refractivity contribution in [3.63, 3.8) is 0 Å². The first-order valence-corrected chi connectivity index (χ1v) is 6.61. The van der Waals surface area contributed by atoms with Gasteiger partial charge in [0, 0.05) is 16.6 Å². The van der Waals surface area contributed by atoms with Gasteiger partial charge in [0.05, 0.1) is 4.92 Å². The molecule has 5 heteroatoms. The number of halogens is 1. The molecular formula is C12H15BrN2O2. The summed E-state index contributed by atoms with van der Waals surface area (Å²) in [6, 6.07) is 5.41. The van der Waals surface area contributed by atoms with Gasteiger partial charge in [-0.1, -0.05) is 29.3 Å². The summed E-state index contributed by atoms with van der Waals surface area (Å²) < 4.78 is 0.860. The fraction of sp³-hybridized carbons (Fsp3) is 0.500. The Morgan fingerprint density at radius 2 is 2.35 bits per heavy atom. The van der Waals surface area contributed by atoms with Crippen LogP contribution in [0.4, 0.5) is 11.4 Å². The van der Waals surface area contributed by atoms with Crippen LogP contribution >= 0.6 is 15.9 Å². The zero-order valence-corrected chi connectivity index (χ0v) is 11.2. The van der Waals surface area contributed by atoms with Crippen LogP contribution in [0.15, 0.2) is 22.7 Å². The molecule has 1 aromatic carbocycles. The number of benzene rings is 1. The van der Waals surface area contributed by atoms with Crippen molar-refractivity contribution in [2.75, 3.05) is 5.32 Å². The normalized spacial score (nSPS) is 22.2. The predicted molar refractivity (Wildman–Crippen MR) is 71.2 cm³/mol. The Hall–Kier alpha value is -1.10. The van der Waals surface area contributed by atoms with Gasteiger partial charge in [-0.3, -0.25) is 10.1 Å². The zero-order chi connectivity index (χ0) is 12.4. The number of hydrogen-bond donors (Lipinski definition) is 1. The molecule has 1 aromatic rings. The van der Waals surface area contributed by atoms with Crippen molar-refractivity contribution in [1.29, 1.82) is 0 Å². The molecule has 17 heavy (non-hydrogen) atoms. The number of nitrogens with zero attached hydrogens (tertiary/aromatic N) is 1. The third-order valence-corrected chi connectivity index (χ3v) is 3.57. The molecule has 2 atom stereocenters. The van der Waals surface area contributed by atoms with E-state index in [1.54, 1.807) is 12.1 Å². The van der Waals surface area contributed by atoms with Crippen LogP contribution in [0.25, 0.3) is 0 Å². The van der Waals surface area contributed by atoms with Crippen molar-refractivity contribution in [3.05, 3.63) is 32.8 Å². The molecule has 0 aromatic heterocycles. The summed E-state index contributed by atoms with van der Waals surface area (Å²) in [6.07, 6.45) is 3.49. The molecule has 2 rings (SSSR count). The van der Waals surface area contributed by atoms with E-state index in [2.05, 4.69) is 28.2 Å². The number of hydrogen-bond acceptors (Lipinski definition) is 3. The van der Waals surface area contributed by atoms with Crippen molar-refractivity contribution in [3.8, 4) is 0 Å². The van der Waals surface area contributed by atoms with Gasteiger partial charge in [0.25, 0.3) is 5.69 Å². The fourth-order valence-corrected chi connectivity index (χ4v) is 2.46. The molecule has 92 valence electrons. The molecule has 4 nitrogen and oxygen atoms in total. The first-order chi connectivity index (χ1) is 8.11. The highest BCUT2D eigenvalue weighted by Gasteiger charge is 2.37. The average Bonchev–Trinajstić information content (AvgIpc) is 2.96. The Bertz CT molecular complexity index is 437. The topological polar surface area (TPSA) is 55.2 Å². The summed E-state index contributed by atoms with van der Waals surface area (Å²) in [6.45, 7) is 2.16. The number of nitro benzene ring substituents is 1. The SMILES string of the molecule is CCCC1CC1Nc1cc(Br)ccc1[N+](=O)[O-]. The third-order valence-electron chi connectivity index (χ3n) is 3.08. The fourth-order valence-electron chi connectivity index (χ4n) is 2.10. The van der Waals surface area contributed by atoms with Crippen molar-refractivity contribution in [2.24, 2.45) is 5.92 Å². The monoisotopic (exact) mass is 298 g/mol. The van der Waals surface area contributed by atoms with Crippen molar-refractivity contribution >= 4 is 27.3 Å². The van der Waals surface area contributed by atoms with E-state index in [9.17, 15) is 10.1 Å². The summed E-state index contributed by atoms with van der Waals surface area (Å²) in [4.78, 5) is 10.6. The molecule has 1 aliphatic carbocycles. The summed E-state index contributed by atoms with van der Waals surface area (Å²) in [5.74, 6) is 0.679. The quantitative estimate of drug-likeness (QED) is 0.661. The van der Waals surface area contributed by atoms with E-state index in [0.29, 0.717) is 17.6 Å². The molecule has 0 amide bonds. The minimum absolute atomic E-state index is 0.148. The van der Waals surface area contributed by atoms with Crippen LogP contribution in [-0.4, -0.2) is 11.0 Å². The maximum Gasteiger partial charge on any atom is 0.292 e. The molecule has 0 heterocycles. The van der Waals surface area contributed by atoms with Crippen LogP contribution < -0.4 is 5.32 Å². The molecule has 2 unspecified atom stereocenters. The summed E-state index contributed by atoms with van der Waals surface area (Å²) in [5, 5.41) is 14.2. The van der Waals surface area contributed by atoms with E-state index in [-0.39, 0.29) is 10.6 Å². The Balaban J connectivity index is 2.10. The third kappa shape index (κ3) is 2.97. The van der Waals surface area contributed by atoms with Gasteiger partial charge in [0.2, 0.25) is 0 Å². The van der Waals surface area contributed by atoms with Crippen LogP contribution in [0.5, 0.6) is 0 Å². The Kier molecular flexibility index (Phi) is 3.66. The molecule has 1 fully saturated rings. The minimum atomic E-state index is -0.341. The van der Waals surface area contributed by atoms with E-state index in [1.165, 1.54) is 18.9 Å². The first kappa shape index (κ1) is 12.4. The number of nitro groups is 1. The zero-order valence-electron chi connectivity index (χ0n) is 9.65. The van der Waals surface area contributed by atoms with Crippen LogP contribution in [0.3, 0.4) is 0 Å². The smallest absolute Gasteiger partial charge is 0.292 e. The Labute approximate surface area is 109 Å². The summed E-state index contributed by atoms with van der Waals surface area (Å²) >= 11 is 3.34. The van der Waals surface area contributed by atoms with Gasteiger partial charge in [-0.05, 0) is 30.9 Å². The van der Waals surface area contributed by atoms with Gasteiger partial charge in [-0.15, -0.1) is 0 Å². The molecule has 1 saturated carbocycles. The standard InChI is InChI=1S/C12H15BrN2O2/c1-2-3-8-6-10(8)14-11-7-9(13)4-5-12(11)15(16)17/h4-5,7-8,10,14H,2-3,6H2,1H3. The number of nitrogens with one attached hydrogen (secondary N) is 1. The minimum Gasteiger partial charge on any atom is -0.376 e. The lowest BCUT2D eigenvalue weighted by Gasteiger charge is -2.07. The molecule has 0 bridgehead atoms. The van der Waals surface area contributed by atoms with E-state index in [4.69, 9.17) is 0 Å². The van der Waals surface area contributed by atoms with E-state index in [0.717, 1.165) is 10.9 Å². The number of rotatable bonds is 5. The highest BCUT2D eigenvalue weighted by Crippen LogP contribution is 2.39. The Morgan fingerprint density at radius 3 is 3.00 bits per heavy atom.